The number of hydrogen-bond donors (Lipinski definition) is 2. The summed E-state index contributed by atoms with van der Waals surface area (Å²) in [5.41, 5.74) is 6.22. The van der Waals surface area contributed by atoms with Crippen LogP contribution in [0.2, 0.25) is 0 Å². The van der Waals surface area contributed by atoms with Crippen molar-refractivity contribution in [3.8, 4) is 0 Å². The van der Waals surface area contributed by atoms with E-state index in [9.17, 15) is 13.2 Å². The number of thiocarbonyl (C=S) groups is 1. The van der Waals surface area contributed by atoms with E-state index in [4.69, 9.17) is 18.0 Å². The minimum atomic E-state index is -3.69. The Hall–Kier alpha value is -1.19. The van der Waals surface area contributed by atoms with Crippen LogP contribution >= 0.6 is 28.1 Å². The summed E-state index contributed by atoms with van der Waals surface area (Å²) < 4.78 is 31.2. The lowest BCUT2D eigenvalue weighted by Crippen LogP contribution is -2.22. The Bertz CT molecular complexity index is 631. The second-order valence-electron chi connectivity index (χ2n) is 3.80. The molecular weight excluding hydrogens is 368 g/mol. The highest BCUT2D eigenvalue weighted by Crippen LogP contribution is 2.22. The van der Waals surface area contributed by atoms with Gasteiger partial charge in [-0.2, -0.15) is 0 Å². The minimum absolute atomic E-state index is 0.0666. The Balaban J connectivity index is 2.92. The van der Waals surface area contributed by atoms with Crippen molar-refractivity contribution in [2.45, 2.75) is 6.42 Å². The summed E-state index contributed by atoms with van der Waals surface area (Å²) >= 11 is 8.12. The summed E-state index contributed by atoms with van der Waals surface area (Å²) in [6, 6.07) is 4.80. The van der Waals surface area contributed by atoms with Gasteiger partial charge in [0.1, 0.15) is 4.99 Å². The predicted octanol–water partition coefficient (Wildman–Crippen LogP) is 1.39. The van der Waals surface area contributed by atoms with Crippen molar-refractivity contribution in [1.82, 2.24) is 0 Å². The van der Waals surface area contributed by atoms with Gasteiger partial charge in [-0.05, 0) is 18.2 Å². The fourth-order valence-electron chi connectivity index (χ4n) is 1.35. The molecule has 0 unspecified atom stereocenters. The molecule has 0 radical (unpaired) electrons. The number of halogens is 1. The molecule has 110 valence electrons. The molecule has 0 heterocycles. The number of carbonyl (C=O) groups is 1. The first-order valence-electron chi connectivity index (χ1n) is 5.42. The molecule has 20 heavy (non-hydrogen) atoms. The monoisotopic (exact) mass is 380 g/mol. The zero-order chi connectivity index (χ0) is 15.3. The first-order valence-corrected chi connectivity index (χ1v) is 8.27. The number of ether oxygens (including phenoxy) is 1. The second-order valence-corrected chi connectivity index (χ2v) is 7.00. The smallest absolute Gasteiger partial charge is 0.306 e. The number of nitrogens with two attached hydrogens (primary N) is 1. The highest BCUT2D eigenvalue weighted by atomic mass is 79.9. The lowest BCUT2D eigenvalue weighted by molar-refractivity contribution is -0.140. The molecule has 0 atom stereocenters. The van der Waals surface area contributed by atoms with E-state index in [0.29, 0.717) is 5.56 Å². The summed E-state index contributed by atoms with van der Waals surface area (Å²) in [5, 5.41) is 0. The van der Waals surface area contributed by atoms with Crippen molar-refractivity contribution in [2.75, 3.05) is 17.6 Å². The van der Waals surface area contributed by atoms with Gasteiger partial charge in [0.25, 0.3) is 0 Å². The number of sulfonamides is 1. The largest absolute Gasteiger partial charge is 0.469 e. The van der Waals surface area contributed by atoms with Gasteiger partial charge >= 0.3 is 5.97 Å². The van der Waals surface area contributed by atoms with Crippen LogP contribution in [0.15, 0.2) is 22.7 Å². The van der Waals surface area contributed by atoms with Crippen LogP contribution in [0.1, 0.15) is 12.0 Å². The maximum absolute atomic E-state index is 11.9. The molecule has 0 amide bonds. The van der Waals surface area contributed by atoms with Crippen molar-refractivity contribution in [3.05, 3.63) is 28.2 Å². The first kappa shape index (κ1) is 16.9. The Morgan fingerprint density at radius 2 is 2.15 bits per heavy atom. The zero-order valence-corrected chi connectivity index (χ0v) is 13.8. The van der Waals surface area contributed by atoms with E-state index in [-0.39, 0.29) is 22.8 Å². The van der Waals surface area contributed by atoms with E-state index in [2.05, 4.69) is 25.4 Å². The van der Waals surface area contributed by atoms with Crippen molar-refractivity contribution < 1.29 is 17.9 Å². The third kappa shape index (κ3) is 5.06. The maximum Gasteiger partial charge on any atom is 0.306 e. The van der Waals surface area contributed by atoms with Crippen LogP contribution in [-0.4, -0.2) is 32.2 Å². The average molecular weight is 381 g/mol. The van der Waals surface area contributed by atoms with Crippen LogP contribution in [0.4, 0.5) is 5.69 Å². The molecule has 1 aromatic carbocycles. The molecule has 6 nitrogen and oxygen atoms in total. The van der Waals surface area contributed by atoms with Gasteiger partial charge in [0.2, 0.25) is 10.0 Å². The zero-order valence-electron chi connectivity index (χ0n) is 10.6. The summed E-state index contributed by atoms with van der Waals surface area (Å²) in [6.07, 6.45) is -0.231. The molecule has 0 aromatic heterocycles. The van der Waals surface area contributed by atoms with E-state index < -0.39 is 16.0 Å². The molecule has 0 aliphatic carbocycles. The number of rotatable bonds is 6. The molecule has 9 heteroatoms. The Kier molecular flexibility index (Phi) is 5.90. The summed E-state index contributed by atoms with van der Waals surface area (Å²) in [5.74, 6) is -0.979. The summed E-state index contributed by atoms with van der Waals surface area (Å²) in [7, 11) is -2.49. The van der Waals surface area contributed by atoms with Crippen molar-refractivity contribution in [1.29, 1.82) is 0 Å². The third-order valence-corrected chi connectivity index (χ3v) is 4.30. The van der Waals surface area contributed by atoms with Crippen molar-refractivity contribution in [3.63, 3.8) is 0 Å². The average Bonchev–Trinajstić information content (AvgIpc) is 2.37. The number of esters is 1. The second kappa shape index (κ2) is 7.00. The van der Waals surface area contributed by atoms with Crippen LogP contribution < -0.4 is 10.5 Å². The van der Waals surface area contributed by atoms with E-state index >= 15 is 0 Å². The summed E-state index contributed by atoms with van der Waals surface area (Å²) in [6.45, 7) is 0. The molecule has 0 aliphatic heterocycles. The van der Waals surface area contributed by atoms with Gasteiger partial charge in [-0.3, -0.25) is 9.52 Å². The molecule has 0 spiro atoms. The molecule has 3 N–H and O–H groups in total. The molecule has 1 aromatic rings. The molecule has 0 aliphatic rings. The number of hydrogen-bond acceptors (Lipinski definition) is 5. The quantitative estimate of drug-likeness (QED) is 0.571. The lowest BCUT2D eigenvalue weighted by Gasteiger charge is -2.12. The van der Waals surface area contributed by atoms with Gasteiger partial charge in [0.15, 0.2) is 0 Å². The number of benzene rings is 1. The van der Waals surface area contributed by atoms with Crippen LogP contribution in [-0.2, 0) is 19.6 Å². The van der Waals surface area contributed by atoms with Gasteiger partial charge in [0, 0.05) is 10.0 Å². The first-order chi connectivity index (χ1) is 9.25. The van der Waals surface area contributed by atoms with Gasteiger partial charge in [0.05, 0.1) is 25.0 Å². The van der Waals surface area contributed by atoms with E-state index in [1.54, 1.807) is 12.1 Å². The Labute approximate surface area is 130 Å². The van der Waals surface area contributed by atoms with Gasteiger partial charge < -0.3 is 10.5 Å². The molecule has 0 saturated heterocycles. The fraction of sp³-hybridized carbons (Fsp3) is 0.273. The highest BCUT2D eigenvalue weighted by Gasteiger charge is 2.16. The molecule has 1 rings (SSSR count). The Morgan fingerprint density at radius 1 is 1.50 bits per heavy atom. The standard InChI is InChI=1S/C11H13BrN2O4S2/c1-18-10(15)4-5-20(16,17)14-9-3-2-7(12)6-8(9)11(13)19/h2-3,6,14H,4-5H2,1H3,(H2,13,19). The fourth-order valence-corrected chi connectivity index (χ4v) is 2.93. The van der Waals surface area contributed by atoms with E-state index in [1.165, 1.54) is 13.2 Å². The van der Waals surface area contributed by atoms with E-state index in [1.807, 2.05) is 0 Å². The number of carbonyl (C=O) groups excluding carboxylic acids is 1. The third-order valence-electron chi connectivity index (χ3n) is 2.32. The minimum Gasteiger partial charge on any atom is -0.469 e. The topological polar surface area (TPSA) is 98.5 Å². The molecule has 0 saturated carbocycles. The summed E-state index contributed by atoms with van der Waals surface area (Å²) in [4.78, 5) is 11.0. The van der Waals surface area contributed by atoms with Gasteiger partial charge in [-0.1, -0.05) is 28.1 Å². The molecule has 0 bridgehead atoms. The van der Waals surface area contributed by atoms with Gasteiger partial charge in [-0.25, -0.2) is 8.42 Å². The predicted molar refractivity (Wildman–Crippen MR) is 84.1 cm³/mol. The molecular formula is C11H13BrN2O4S2. The van der Waals surface area contributed by atoms with Crippen molar-refractivity contribution in [2.24, 2.45) is 5.73 Å². The lowest BCUT2D eigenvalue weighted by atomic mass is 10.2. The number of nitrogens with one attached hydrogen (secondary N) is 1. The SMILES string of the molecule is COC(=O)CCS(=O)(=O)Nc1ccc(Br)cc1C(N)=S. The number of methoxy groups -OCH3 is 1. The Morgan fingerprint density at radius 3 is 2.70 bits per heavy atom. The van der Waals surface area contributed by atoms with Crippen LogP contribution in [0.25, 0.3) is 0 Å². The van der Waals surface area contributed by atoms with Crippen molar-refractivity contribution >= 4 is 54.8 Å². The highest BCUT2D eigenvalue weighted by molar-refractivity contribution is 9.10. The van der Waals surface area contributed by atoms with Crippen LogP contribution in [0.3, 0.4) is 0 Å². The van der Waals surface area contributed by atoms with Crippen LogP contribution in [0.5, 0.6) is 0 Å². The van der Waals surface area contributed by atoms with Gasteiger partial charge in [-0.15, -0.1) is 0 Å². The maximum atomic E-state index is 11.9. The normalized spacial score (nSPS) is 10.9. The number of anilines is 1. The molecule has 0 fully saturated rings. The van der Waals surface area contributed by atoms with E-state index in [0.717, 1.165) is 4.47 Å². The van der Waals surface area contributed by atoms with Crippen LogP contribution in [0, 0.1) is 0 Å².